The first-order valence-corrected chi connectivity index (χ1v) is 38.1. The van der Waals surface area contributed by atoms with Gasteiger partial charge < -0.3 is 51.8 Å². The van der Waals surface area contributed by atoms with Gasteiger partial charge in [0.15, 0.2) is 0 Å². The van der Waals surface area contributed by atoms with Gasteiger partial charge in [0.05, 0.1) is 12.4 Å². The van der Waals surface area contributed by atoms with Crippen LogP contribution in [0.15, 0.2) is 322 Å². The number of amides is 4. The molecular formula is C94H86F2N14O5. The number of likely N-dealkylation sites (tertiary alicyclic amines) is 1. The number of carbonyl (C=O) groups is 4. The molecule has 2 fully saturated rings. The molecule has 115 heavy (non-hydrogen) atoms. The first kappa shape index (κ1) is 78.8. The fourth-order valence-corrected chi connectivity index (χ4v) is 12.9. The number of nitrogens with one attached hydrogen (secondary N) is 8. The molecule has 21 heteroatoms. The highest BCUT2D eigenvalue weighted by atomic mass is 19.1. The van der Waals surface area contributed by atoms with Gasteiger partial charge in [-0.05, 0) is 240 Å². The van der Waals surface area contributed by atoms with Crippen LogP contribution in [0.4, 0.5) is 54.8 Å². The van der Waals surface area contributed by atoms with Crippen LogP contribution in [0.2, 0.25) is 0 Å². The number of nitrogens with zero attached hydrogens (tertiary/aromatic N) is 6. The van der Waals surface area contributed by atoms with Crippen molar-refractivity contribution in [1.29, 1.82) is 0 Å². The van der Waals surface area contributed by atoms with Crippen molar-refractivity contribution < 1.29 is 32.7 Å². The summed E-state index contributed by atoms with van der Waals surface area (Å²) in [5.74, 6) is 1.48. The van der Waals surface area contributed by atoms with Crippen LogP contribution in [0, 0.1) is 11.6 Å². The van der Waals surface area contributed by atoms with Gasteiger partial charge in [0.2, 0.25) is 0 Å². The van der Waals surface area contributed by atoms with Crippen LogP contribution in [0.25, 0.3) is 44.5 Å². The van der Waals surface area contributed by atoms with E-state index in [2.05, 4.69) is 67.1 Å². The molecule has 16 rings (SSSR count). The van der Waals surface area contributed by atoms with Gasteiger partial charge >= 0.3 is 0 Å². The Morgan fingerprint density at radius 1 is 0.409 bits per heavy atom. The molecule has 2 aliphatic heterocycles. The summed E-state index contributed by atoms with van der Waals surface area (Å²) in [5.41, 5.74) is 15.2. The third-order valence-corrected chi connectivity index (χ3v) is 18.9. The van der Waals surface area contributed by atoms with Gasteiger partial charge in [-0.3, -0.25) is 19.2 Å². The average Bonchev–Trinajstić information content (AvgIpc) is 1.02. The van der Waals surface area contributed by atoms with Crippen LogP contribution >= 0.6 is 0 Å². The van der Waals surface area contributed by atoms with E-state index < -0.39 is 11.6 Å². The second kappa shape index (κ2) is 40.6. The zero-order valence-electron chi connectivity index (χ0n) is 63.1. The normalized spacial score (nSPS) is 12.6. The summed E-state index contributed by atoms with van der Waals surface area (Å²) in [7, 11) is 0. The summed E-state index contributed by atoms with van der Waals surface area (Å²) in [6.07, 6.45) is 16.8. The van der Waals surface area contributed by atoms with Crippen molar-refractivity contribution in [2.75, 3.05) is 54.1 Å². The summed E-state index contributed by atoms with van der Waals surface area (Å²) < 4.78 is 32.7. The molecule has 9 aromatic carbocycles. The zero-order chi connectivity index (χ0) is 79.2. The highest BCUT2D eigenvalue weighted by Crippen LogP contribution is 2.30. The van der Waals surface area contributed by atoms with Crippen molar-refractivity contribution in [2.45, 2.75) is 51.2 Å². The van der Waals surface area contributed by atoms with Crippen molar-refractivity contribution in [2.24, 2.45) is 0 Å². The van der Waals surface area contributed by atoms with Crippen molar-refractivity contribution in [1.82, 2.24) is 50.8 Å². The van der Waals surface area contributed by atoms with E-state index in [0.29, 0.717) is 42.0 Å². The maximum absolute atomic E-state index is 13.8. The van der Waals surface area contributed by atoms with Crippen molar-refractivity contribution in [3.05, 3.63) is 368 Å². The molecule has 14 aromatic rings. The van der Waals surface area contributed by atoms with Crippen molar-refractivity contribution in [3.63, 3.8) is 0 Å². The van der Waals surface area contributed by atoms with Crippen molar-refractivity contribution >= 4 is 69.6 Å². The molecule has 5 aromatic heterocycles. The maximum atomic E-state index is 13.8. The lowest BCUT2D eigenvalue weighted by Gasteiger charge is -2.26. The minimum Gasteiger partial charge on any atom is -0.376 e. The van der Waals surface area contributed by atoms with Gasteiger partial charge in [0.25, 0.3) is 23.6 Å². The molecule has 7 heterocycles. The number of imidazole rings is 1. The number of benzene rings is 9. The number of para-hydroxylation sites is 4. The molecule has 0 bridgehead atoms. The fourth-order valence-electron chi connectivity index (χ4n) is 12.9. The lowest BCUT2D eigenvalue weighted by molar-refractivity contribution is 0.0723. The largest absolute Gasteiger partial charge is 0.376 e. The number of hydrogen-bond acceptors (Lipinski definition) is 14. The monoisotopic (exact) mass is 1530 g/mol. The Morgan fingerprint density at radius 3 is 1.26 bits per heavy atom. The van der Waals surface area contributed by atoms with Gasteiger partial charge in [-0.2, -0.15) is 0 Å². The summed E-state index contributed by atoms with van der Waals surface area (Å²) in [5, 5.41) is 21.7. The number of rotatable bonds is 23. The summed E-state index contributed by atoms with van der Waals surface area (Å²) in [6, 6.07) is 88.5. The number of carbonyl (C=O) groups excluding carboxylic acids is 4. The molecule has 1 atom stereocenters. The molecule has 4 amide bonds. The number of halogens is 2. The summed E-state index contributed by atoms with van der Waals surface area (Å²) in [6.45, 7) is 3.54. The molecule has 19 nitrogen and oxygen atoms in total. The standard InChI is InChI=1S/C25H19F2N3O.C23H21N5O.C23H23N3O2.C23H23N3O/c26-21-9-10-23(27)20(14-21)16-29-25(31)19-6-4-5-17(13-19)18-11-12-28-24(15-18)30-22-7-2-1-3-8-22;29-23(26-12-10-21-15-24-16-27-21)19-6-4-5-17(13-19)18-9-11-25-22(14-18)28-20-7-2-1-3-8-20;27-23(25-16-21-10-5-13-28-21)19-7-4-6-17(14-19)18-11-12-24-22(15-18)26-20-8-2-1-3-9-20;27-23(26-15-5-2-6-16-26)19-11-9-18(10-12-19)20-13-14-24-22(17-20)25-21-7-3-1-4-8-21/h1-15H,16H2,(H,28,30)(H,29,31);1-9,11,13-16H,10,12H2,(H,24,27)(H,25,28)(H,26,29);1-4,6-9,11-12,14-15,21H,5,10,13,16H2,(H,24,26)(H,25,27);1,3-4,7-14,17H,2,5-6,15-16H2,(H,24,25). The van der Waals surface area contributed by atoms with E-state index in [1.807, 2.05) is 254 Å². The first-order valence-electron chi connectivity index (χ1n) is 38.1. The predicted octanol–water partition coefficient (Wildman–Crippen LogP) is 19.4. The average molecular weight is 1530 g/mol. The quantitative estimate of drug-likeness (QED) is 0.0297. The number of aromatic nitrogens is 6. The minimum atomic E-state index is -0.564. The molecule has 2 aliphatic rings. The Kier molecular flexibility index (Phi) is 27.8. The van der Waals surface area contributed by atoms with E-state index in [1.54, 1.807) is 55.5 Å². The van der Waals surface area contributed by atoms with Crippen LogP contribution in [0.5, 0.6) is 0 Å². The Balaban J connectivity index is 0.000000134. The maximum Gasteiger partial charge on any atom is 0.253 e. The van der Waals surface area contributed by atoms with Gasteiger partial charge in [0.1, 0.15) is 34.9 Å². The molecule has 8 N–H and O–H groups in total. The molecule has 0 radical (unpaired) electrons. The Labute approximate surface area is 666 Å². The Hall–Kier alpha value is -14.3. The second-order valence-electron chi connectivity index (χ2n) is 27.2. The van der Waals surface area contributed by atoms with E-state index >= 15 is 0 Å². The SMILES string of the molecule is O=C(NCC1CCCO1)c1cccc(-c2ccnc(Nc3ccccc3)c2)c1.O=C(NCCc1cnc[nH]1)c1cccc(-c2ccnc(Nc3ccccc3)c2)c1.O=C(NCc1cc(F)ccc1F)c1cccc(-c2ccnc(Nc3ccccc3)c2)c1.O=C(c1ccc(-c2ccnc(Nc3ccccc3)c2)cc1)N1CCCCC1. The molecular weight excluding hydrogens is 1440 g/mol. The number of H-pyrrole nitrogens is 1. The Morgan fingerprint density at radius 2 is 0.835 bits per heavy atom. The second-order valence-corrected chi connectivity index (χ2v) is 27.2. The highest BCUT2D eigenvalue weighted by Gasteiger charge is 2.20. The lowest BCUT2D eigenvalue weighted by Crippen LogP contribution is -2.35. The molecule has 576 valence electrons. The third kappa shape index (κ3) is 23.6. The smallest absolute Gasteiger partial charge is 0.253 e. The van der Waals surface area contributed by atoms with Gasteiger partial charge in [-0.15, -0.1) is 0 Å². The van der Waals surface area contributed by atoms with E-state index in [1.165, 1.54) is 6.42 Å². The summed E-state index contributed by atoms with van der Waals surface area (Å²) >= 11 is 0. The highest BCUT2D eigenvalue weighted by molar-refractivity contribution is 5.97. The fraction of sp³-hybridized carbons (Fsp3) is 0.138. The number of aromatic amines is 1. The van der Waals surface area contributed by atoms with Crippen LogP contribution in [-0.4, -0.2) is 97.3 Å². The number of piperidine rings is 1. The zero-order valence-corrected chi connectivity index (χ0v) is 63.1. The van der Waals surface area contributed by atoms with Crippen LogP contribution < -0.4 is 37.2 Å². The number of anilines is 8. The molecule has 0 spiro atoms. The van der Waals surface area contributed by atoms with E-state index in [0.717, 1.165) is 160 Å². The first-order chi connectivity index (χ1) is 56.4. The summed E-state index contributed by atoms with van der Waals surface area (Å²) in [4.78, 5) is 76.6. The Bertz CT molecular complexity index is 5490. The predicted molar refractivity (Wildman–Crippen MR) is 451 cm³/mol. The van der Waals surface area contributed by atoms with Gasteiger partial charge in [0, 0.05) is 133 Å². The van der Waals surface area contributed by atoms with Crippen LogP contribution in [0.1, 0.15) is 84.8 Å². The number of pyridine rings is 4. The third-order valence-electron chi connectivity index (χ3n) is 18.9. The molecule has 0 saturated carbocycles. The van der Waals surface area contributed by atoms with Gasteiger partial charge in [-0.25, -0.2) is 33.7 Å². The molecule has 0 aliphatic carbocycles. The van der Waals surface area contributed by atoms with E-state index in [4.69, 9.17) is 4.74 Å². The van der Waals surface area contributed by atoms with Crippen molar-refractivity contribution in [3.8, 4) is 44.5 Å². The molecule has 2 saturated heterocycles. The number of hydrogen-bond donors (Lipinski definition) is 8. The van der Waals surface area contributed by atoms with Crippen LogP contribution in [-0.2, 0) is 17.7 Å². The van der Waals surface area contributed by atoms with Gasteiger partial charge in [-0.1, -0.05) is 121 Å². The molecule has 1 unspecified atom stereocenters. The topological polar surface area (TPSA) is 245 Å². The lowest BCUT2D eigenvalue weighted by atomic mass is 10.0. The number of ether oxygens (including phenoxy) is 1. The van der Waals surface area contributed by atoms with E-state index in [9.17, 15) is 28.0 Å². The minimum absolute atomic E-state index is 0.0750. The van der Waals surface area contributed by atoms with E-state index in [-0.39, 0.29) is 41.8 Å². The van der Waals surface area contributed by atoms with Crippen LogP contribution in [0.3, 0.4) is 0 Å².